The Morgan fingerprint density at radius 3 is 2.29 bits per heavy atom. The second kappa shape index (κ2) is 5.72. The number of benzene rings is 2. The molecule has 0 unspecified atom stereocenters. The van der Waals surface area contributed by atoms with Gasteiger partial charge in [-0.25, -0.2) is 4.79 Å². The Hall–Kier alpha value is -2.73. The Bertz CT molecular complexity index is 729. The summed E-state index contributed by atoms with van der Waals surface area (Å²) in [6, 6.07) is 7.60. The fraction of sp³-hybridized carbons (Fsp3) is 0. The zero-order valence-corrected chi connectivity index (χ0v) is 11.3. The molecule has 0 atom stereocenters. The summed E-state index contributed by atoms with van der Waals surface area (Å²) in [7, 11) is 0. The number of amides is 1. The average Bonchev–Trinajstić information content (AvgIpc) is 2.41. The molecule has 0 aromatic heterocycles. The minimum atomic E-state index is -1.17. The highest BCUT2D eigenvalue weighted by Crippen LogP contribution is 2.26. The van der Waals surface area contributed by atoms with Gasteiger partial charge in [0.25, 0.3) is 5.91 Å². The van der Waals surface area contributed by atoms with Gasteiger partial charge in [-0.2, -0.15) is 0 Å². The lowest BCUT2D eigenvalue weighted by Gasteiger charge is -2.07. The van der Waals surface area contributed by atoms with E-state index in [1.807, 2.05) is 0 Å². The first-order valence-electron chi connectivity index (χ1n) is 5.74. The maximum Gasteiger partial charge on any atom is 0.337 e. The number of carbonyl (C=O) groups excluding carboxylic acids is 1. The third-order valence-electron chi connectivity index (χ3n) is 2.69. The van der Waals surface area contributed by atoms with Crippen LogP contribution >= 0.6 is 11.6 Å². The first-order chi connectivity index (χ1) is 9.88. The van der Waals surface area contributed by atoms with Gasteiger partial charge in [0.15, 0.2) is 11.5 Å². The molecule has 4 N–H and O–H groups in total. The number of hydrogen-bond donors (Lipinski definition) is 4. The molecule has 7 heteroatoms. The van der Waals surface area contributed by atoms with Gasteiger partial charge in [-0.1, -0.05) is 11.6 Å². The molecule has 0 fully saturated rings. The van der Waals surface area contributed by atoms with E-state index in [9.17, 15) is 19.8 Å². The second-order valence-corrected chi connectivity index (χ2v) is 4.56. The molecule has 0 aliphatic rings. The number of aromatic hydroxyl groups is 2. The van der Waals surface area contributed by atoms with Crippen molar-refractivity contribution < 1.29 is 24.9 Å². The summed E-state index contributed by atoms with van der Waals surface area (Å²) in [6.45, 7) is 0. The van der Waals surface area contributed by atoms with Crippen LogP contribution in [0.2, 0.25) is 5.02 Å². The molecule has 21 heavy (non-hydrogen) atoms. The van der Waals surface area contributed by atoms with E-state index in [0.717, 1.165) is 6.07 Å². The number of phenols is 2. The van der Waals surface area contributed by atoms with Crippen LogP contribution in [0.3, 0.4) is 0 Å². The van der Waals surface area contributed by atoms with Crippen molar-refractivity contribution in [2.75, 3.05) is 5.32 Å². The number of carboxylic acid groups (broad SMARTS) is 1. The van der Waals surface area contributed by atoms with E-state index in [0.29, 0.717) is 5.69 Å². The molecule has 2 aromatic carbocycles. The monoisotopic (exact) mass is 307 g/mol. The fourth-order valence-corrected chi connectivity index (χ4v) is 1.90. The number of carboxylic acids is 1. The van der Waals surface area contributed by atoms with Gasteiger partial charge in [-0.05, 0) is 36.4 Å². The van der Waals surface area contributed by atoms with Gasteiger partial charge in [0.1, 0.15) is 0 Å². The minimum Gasteiger partial charge on any atom is -0.504 e. The maximum atomic E-state index is 11.9. The molecule has 0 aliphatic heterocycles. The van der Waals surface area contributed by atoms with Crippen molar-refractivity contribution in [2.24, 2.45) is 0 Å². The molecule has 2 rings (SSSR count). The molecule has 6 nitrogen and oxygen atoms in total. The van der Waals surface area contributed by atoms with Crippen molar-refractivity contribution in [1.82, 2.24) is 0 Å². The van der Waals surface area contributed by atoms with Gasteiger partial charge in [-0.3, -0.25) is 4.79 Å². The largest absolute Gasteiger partial charge is 0.504 e. The lowest BCUT2D eigenvalue weighted by atomic mass is 10.1. The fourth-order valence-electron chi connectivity index (χ4n) is 1.63. The van der Waals surface area contributed by atoms with Crippen LogP contribution in [0.1, 0.15) is 20.7 Å². The summed E-state index contributed by atoms with van der Waals surface area (Å²) < 4.78 is 0. The van der Waals surface area contributed by atoms with Crippen LogP contribution in [0.25, 0.3) is 0 Å². The molecule has 108 valence electrons. The summed E-state index contributed by atoms with van der Waals surface area (Å²) in [5, 5.41) is 29.9. The van der Waals surface area contributed by atoms with E-state index in [4.69, 9.17) is 16.7 Å². The van der Waals surface area contributed by atoms with Crippen molar-refractivity contribution >= 4 is 29.2 Å². The Labute approximate surface area is 124 Å². The van der Waals surface area contributed by atoms with Crippen LogP contribution in [0.4, 0.5) is 5.69 Å². The van der Waals surface area contributed by atoms with Crippen molar-refractivity contribution in [3.8, 4) is 11.5 Å². The van der Waals surface area contributed by atoms with Gasteiger partial charge >= 0.3 is 5.97 Å². The van der Waals surface area contributed by atoms with E-state index in [2.05, 4.69) is 5.32 Å². The Balaban J connectivity index is 2.21. The zero-order chi connectivity index (χ0) is 15.6. The van der Waals surface area contributed by atoms with Crippen molar-refractivity contribution in [3.05, 3.63) is 52.5 Å². The summed E-state index contributed by atoms with van der Waals surface area (Å²) in [5.74, 6) is -2.45. The van der Waals surface area contributed by atoms with Gasteiger partial charge in [0.05, 0.1) is 10.6 Å². The standard InChI is InChI=1S/C14H10ClNO5/c15-10-6-8(2-3-9(10)14(20)21)16-13(19)7-1-4-11(17)12(18)5-7/h1-6,17-18H,(H,16,19)(H,20,21). The molecule has 0 heterocycles. The quantitative estimate of drug-likeness (QED) is 0.652. The van der Waals surface area contributed by atoms with Crippen molar-refractivity contribution in [3.63, 3.8) is 0 Å². The number of halogens is 1. The molecule has 0 aliphatic carbocycles. The summed E-state index contributed by atoms with van der Waals surface area (Å²) in [5.41, 5.74) is 0.364. The van der Waals surface area contributed by atoms with Crippen LogP contribution < -0.4 is 5.32 Å². The van der Waals surface area contributed by atoms with Gasteiger partial charge in [-0.15, -0.1) is 0 Å². The molecule has 0 saturated carbocycles. The minimum absolute atomic E-state index is 0.00569. The Kier molecular flexibility index (Phi) is 4.00. The molecular formula is C14H10ClNO5. The second-order valence-electron chi connectivity index (χ2n) is 4.16. The van der Waals surface area contributed by atoms with E-state index in [1.54, 1.807) is 0 Å². The third-order valence-corrected chi connectivity index (χ3v) is 3.01. The highest BCUT2D eigenvalue weighted by Gasteiger charge is 2.12. The van der Waals surface area contributed by atoms with Crippen LogP contribution in [0.15, 0.2) is 36.4 Å². The zero-order valence-electron chi connectivity index (χ0n) is 10.5. The molecule has 1 amide bonds. The van der Waals surface area contributed by atoms with E-state index in [1.165, 1.54) is 30.3 Å². The van der Waals surface area contributed by atoms with Gasteiger partial charge < -0.3 is 20.6 Å². The normalized spacial score (nSPS) is 10.1. The summed E-state index contributed by atoms with van der Waals surface area (Å²) >= 11 is 5.79. The van der Waals surface area contributed by atoms with Crippen LogP contribution in [0.5, 0.6) is 11.5 Å². The lowest BCUT2D eigenvalue weighted by Crippen LogP contribution is -2.12. The maximum absolute atomic E-state index is 11.9. The smallest absolute Gasteiger partial charge is 0.337 e. The number of phenolic OH excluding ortho intramolecular Hbond substituents is 2. The summed E-state index contributed by atoms with van der Waals surface area (Å²) in [6.07, 6.45) is 0. The van der Waals surface area contributed by atoms with Gasteiger partial charge in [0, 0.05) is 11.3 Å². The third kappa shape index (κ3) is 3.24. The number of carbonyl (C=O) groups is 2. The molecule has 0 radical (unpaired) electrons. The first kappa shape index (κ1) is 14.7. The Morgan fingerprint density at radius 2 is 1.71 bits per heavy atom. The number of rotatable bonds is 3. The average molecular weight is 308 g/mol. The van der Waals surface area contributed by atoms with E-state index < -0.39 is 17.6 Å². The van der Waals surface area contributed by atoms with Crippen LogP contribution in [-0.2, 0) is 0 Å². The topological polar surface area (TPSA) is 107 Å². The van der Waals surface area contributed by atoms with Crippen molar-refractivity contribution in [1.29, 1.82) is 0 Å². The number of hydrogen-bond acceptors (Lipinski definition) is 4. The number of aromatic carboxylic acids is 1. The SMILES string of the molecule is O=C(Nc1ccc(C(=O)O)c(Cl)c1)c1ccc(O)c(O)c1. The molecule has 0 spiro atoms. The Morgan fingerprint density at radius 1 is 1.00 bits per heavy atom. The van der Waals surface area contributed by atoms with Crippen LogP contribution in [0, 0.1) is 0 Å². The molecule has 2 aromatic rings. The van der Waals surface area contributed by atoms with E-state index >= 15 is 0 Å². The lowest BCUT2D eigenvalue weighted by molar-refractivity contribution is 0.0697. The highest BCUT2D eigenvalue weighted by atomic mass is 35.5. The predicted molar refractivity (Wildman–Crippen MR) is 76.1 cm³/mol. The van der Waals surface area contributed by atoms with Gasteiger partial charge in [0.2, 0.25) is 0 Å². The number of anilines is 1. The number of nitrogens with one attached hydrogen (secondary N) is 1. The predicted octanol–water partition coefficient (Wildman–Crippen LogP) is 2.70. The van der Waals surface area contributed by atoms with Crippen LogP contribution in [-0.4, -0.2) is 27.2 Å². The van der Waals surface area contributed by atoms with E-state index in [-0.39, 0.29) is 21.9 Å². The molecule has 0 saturated heterocycles. The molecule has 0 bridgehead atoms. The first-order valence-corrected chi connectivity index (χ1v) is 6.12. The van der Waals surface area contributed by atoms with Crippen molar-refractivity contribution in [2.45, 2.75) is 0 Å². The summed E-state index contributed by atoms with van der Waals surface area (Å²) in [4.78, 5) is 22.8. The molecular weight excluding hydrogens is 298 g/mol. The highest BCUT2D eigenvalue weighted by molar-refractivity contribution is 6.33.